The Labute approximate surface area is 182 Å². The van der Waals surface area contributed by atoms with Crippen LogP contribution < -0.4 is 10.1 Å². The topological polar surface area (TPSA) is 75.7 Å². The molecule has 0 saturated heterocycles. The van der Waals surface area contributed by atoms with Crippen molar-refractivity contribution in [3.8, 4) is 5.75 Å². The summed E-state index contributed by atoms with van der Waals surface area (Å²) >= 11 is 1.75. The van der Waals surface area contributed by atoms with Crippen molar-refractivity contribution in [2.24, 2.45) is 4.99 Å². The molecular weight excluding hydrogens is 398 g/mol. The second-order valence-corrected chi connectivity index (χ2v) is 8.93. The molecule has 7 heteroatoms. The predicted molar refractivity (Wildman–Crippen MR) is 124 cm³/mol. The van der Waals surface area contributed by atoms with Gasteiger partial charge in [-0.25, -0.2) is 0 Å². The molecule has 30 heavy (non-hydrogen) atoms. The number of aliphatic imine (C=N–C) groups is 1. The van der Waals surface area contributed by atoms with Gasteiger partial charge in [-0.05, 0) is 45.2 Å². The van der Waals surface area contributed by atoms with Crippen molar-refractivity contribution in [2.75, 3.05) is 24.3 Å². The summed E-state index contributed by atoms with van der Waals surface area (Å²) in [5, 5.41) is 5.88. The first kappa shape index (κ1) is 21.1. The van der Waals surface area contributed by atoms with E-state index in [9.17, 15) is 4.79 Å². The van der Waals surface area contributed by atoms with Gasteiger partial charge in [0.15, 0.2) is 0 Å². The third kappa shape index (κ3) is 4.94. The van der Waals surface area contributed by atoms with E-state index in [-0.39, 0.29) is 12.0 Å². The number of fused-ring (bicyclic) bond motifs is 1. The van der Waals surface area contributed by atoms with Crippen LogP contribution in [0.15, 0.2) is 23.2 Å². The minimum Gasteiger partial charge on any atom is -0.494 e. The molecule has 0 radical (unpaired) electrons. The predicted octanol–water partition coefficient (Wildman–Crippen LogP) is 5.13. The molecule has 1 atom stereocenters. The maximum absolute atomic E-state index is 11.6. The molecule has 2 N–H and O–H groups in total. The van der Waals surface area contributed by atoms with Crippen LogP contribution in [0, 0.1) is 0 Å². The number of hydrogen-bond acceptors (Lipinski definition) is 6. The highest BCUT2D eigenvalue weighted by atomic mass is 32.2. The SMILES string of the molecule is CCOC(=O)CCC1CSC(c2cc3cc(OCC)cc(NC4CCCC4)c3[nH]2)=N1. The molecule has 1 aromatic heterocycles. The number of rotatable bonds is 9. The summed E-state index contributed by atoms with van der Waals surface area (Å²) in [6.07, 6.45) is 6.19. The average molecular weight is 430 g/mol. The third-order valence-electron chi connectivity index (χ3n) is 5.66. The molecule has 4 rings (SSSR count). The summed E-state index contributed by atoms with van der Waals surface area (Å²) in [7, 11) is 0. The highest BCUT2D eigenvalue weighted by Crippen LogP contribution is 2.34. The summed E-state index contributed by atoms with van der Waals surface area (Å²) in [5.41, 5.74) is 3.26. The number of benzene rings is 1. The molecule has 1 fully saturated rings. The van der Waals surface area contributed by atoms with E-state index in [1.54, 1.807) is 11.8 Å². The van der Waals surface area contributed by atoms with Gasteiger partial charge in [0.1, 0.15) is 10.8 Å². The lowest BCUT2D eigenvalue weighted by atomic mass is 10.1. The van der Waals surface area contributed by atoms with Gasteiger partial charge in [-0.2, -0.15) is 0 Å². The van der Waals surface area contributed by atoms with Crippen molar-refractivity contribution < 1.29 is 14.3 Å². The van der Waals surface area contributed by atoms with Gasteiger partial charge in [-0.1, -0.05) is 12.8 Å². The summed E-state index contributed by atoms with van der Waals surface area (Å²) in [4.78, 5) is 20.1. The van der Waals surface area contributed by atoms with Crippen LogP contribution in [0.2, 0.25) is 0 Å². The number of anilines is 1. The monoisotopic (exact) mass is 429 g/mol. The molecule has 1 aliphatic heterocycles. The van der Waals surface area contributed by atoms with Crippen LogP contribution in [0.1, 0.15) is 58.1 Å². The minimum absolute atomic E-state index is 0.136. The van der Waals surface area contributed by atoms with Gasteiger partial charge < -0.3 is 19.8 Å². The number of hydrogen-bond donors (Lipinski definition) is 2. The van der Waals surface area contributed by atoms with Crippen molar-refractivity contribution in [1.82, 2.24) is 4.98 Å². The number of H-pyrrole nitrogens is 1. The number of thioether (sulfide) groups is 1. The summed E-state index contributed by atoms with van der Waals surface area (Å²) in [6.45, 7) is 4.93. The number of carbonyl (C=O) groups is 1. The normalized spacial score (nSPS) is 19.3. The van der Waals surface area contributed by atoms with Crippen LogP contribution in [-0.2, 0) is 9.53 Å². The van der Waals surface area contributed by atoms with Crippen LogP contribution in [0.3, 0.4) is 0 Å². The van der Waals surface area contributed by atoms with E-state index in [0.29, 0.717) is 25.7 Å². The van der Waals surface area contributed by atoms with Crippen LogP contribution >= 0.6 is 11.8 Å². The standard InChI is InChI=1S/C23H31N3O3S/c1-3-28-18-11-15-12-20(23-25-17(14-30-23)9-10-21(27)29-4-2)26-22(15)19(13-18)24-16-7-5-6-8-16/h11-13,16-17,24,26H,3-10,14H2,1-2H3. The summed E-state index contributed by atoms with van der Waals surface area (Å²) in [5.74, 6) is 1.66. The smallest absolute Gasteiger partial charge is 0.305 e. The fraction of sp³-hybridized carbons (Fsp3) is 0.565. The quantitative estimate of drug-likeness (QED) is 0.541. The Morgan fingerprint density at radius 1 is 1.23 bits per heavy atom. The highest BCUT2D eigenvalue weighted by molar-refractivity contribution is 8.14. The van der Waals surface area contributed by atoms with Gasteiger partial charge in [-0.15, -0.1) is 11.8 Å². The largest absolute Gasteiger partial charge is 0.494 e. The van der Waals surface area contributed by atoms with Crippen LogP contribution in [0.25, 0.3) is 10.9 Å². The van der Waals surface area contributed by atoms with Gasteiger partial charge in [0.2, 0.25) is 0 Å². The minimum atomic E-state index is -0.136. The van der Waals surface area contributed by atoms with Gasteiger partial charge >= 0.3 is 5.97 Å². The fourth-order valence-electron chi connectivity index (χ4n) is 4.21. The number of carbonyl (C=O) groups excluding carboxylic acids is 1. The van der Waals surface area contributed by atoms with Crippen LogP contribution in [0.4, 0.5) is 5.69 Å². The zero-order chi connectivity index (χ0) is 20.9. The van der Waals surface area contributed by atoms with Gasteiger partial charge in [0, 0.05) is 29.7 Å². The molecule has 0 spiro atoms. The number of nitrogens with one attached hydrogen (secondary N) is 2. The van der Waals surface area contributed by atoms with Gasteiger partial charge in [0.25, 0.3) is 0 Å². The Morgan fingerprint density at radius 3 is 2.83 bits per heavy atom. The zero-order valence-electron chi connectivity index (χ0n) is 17.8. The zero-order valence-corrected chi connectivity index (χ0v) is 18.6. The lowest BCUT2D eigenvalue weighted by molar-refractivity contribution is -0.143. The lowest BCUT2D eigenvalue weighted by Gasteiger charge is -2.15. The lowest BCUT2D eigenvalue weighted by Crippen LogP contribution is -2.14. The van der Waals surface area contributed by atoms with E-state index < -0.39 is 0 Å². The van der Waals surface area contributed by atoms with Crippen molar-refractivity contribution >= 4 is 39.4 Å². The van der Waals surface area contributed by atoms with Crippen molar-refractivity contribution in [1.29, 1.82) is 0 Å². The van der Waals surface area contributed by atoms with E-state index in [2.05, 4.69) is 28.5 Å². The Bertz CT molecular complexity index is 918. The Balaban J connectivity index is 1.54. The first-order chi connectivity index (χ1) is 14.7. The van der Waals surface area contributed by atoms with Crippen molar-refractivity contribution in [3.05, 3.63) is 23.9 Å². The molecule has 1 saturated carbocycles. The highest BCUT2D eigenvalue weighted by Gasteiger charge is 2.23. The number of esters is 1. The van der Waals surface area contributed by atoms with Crippen molar-refractivity contribution in [3.63, 3.8) is 0 Å². The van der Waals surface area contributed by atoms with E-state index in [0.717, 1.165) is 45.3 Å². The van der Waals surface area contributed by atoms with Crippen molar-refractivity contribution in [2.45, 2.75) is 64.5 Å². The van der Waals surface area contributed by atoms with Crippen LogP contribution in [-0.4, -0.2) is 47.0 Å². The van der Waals surface area contributed by atoms with E-state index in [4.69, 9.17) is 14.5 Å². The first-order valence-electron chi connectivity index (χ1n) is 11.1. The summed E-state index contributed by atoms with van der Waals surface area (Å²) in [6, 6.07) is 7.06. The van der Waals surface area contributed by atoms with Gasteiger partial charge in [0.05, 0.1) is 36.2 Å². The van der Waals surface area contributed by atoms with E-state index >= 15 is 0 Å². The van der Waals surface area contributed by atoms with E-state index in [1.807, 2.05) is 13.8 Å². The number of nitrogens with zero attached hydrogens (tertiary/aromatic N) is 1. The molecule has 2 heterocycles. The second-order valence-electron chi connectivity index (χ2n) is 7.92. The second kappa shape index (κ2) is 9.77. The molecule has 1 aliphatic carbocycles. The molecule has 1 aromatic carbocycles. The molecule has 1 unspecified atom stereocenters. The Morgan fingerprint density at radius 2 is 2.07 bits per heavy atom. The maximum Gasteiger partial charge on any atom is 0.305 e. The average Bonchev–Trinajstić information content (AvgIpc) is 3.47. The number of ether oxygens (including phenoxy) is 2. The first-order valence-corrected chi connectivity index (χ1v) is 12.1. The third-order valence-corrected chi connectivity index (χ3v) is 6.81. The maximum atomic E-state index is 11.6. The Kier molecular flexibility index (Phi) is 6.87. The van der Waals surface area contributed by atoms with E-state index in [1.165, 1.54) is 25.7 Å². The summed E-state index contributed by atoms with van der Waals surface area (Å²) < 4.78 is 10.8. The molecule has 162 valence electrons. The molecule has 0 bridgehead atoms. The van der Waals surface area contributed by atoms with Crippen LogP contribution in [0.5, 0.6) is 5.75 Å². The molecule has 2 aliphatic rings. The molecular formula is C23H31N3O3S. The molecule has 6 nitrogen and oxygen atoms in total. The fourth-order valence-corrected chi connectivity index (χ4v) is 5.29. The number of aromatic nitrogens is 1. The molecule has 0 amide bonds. The molecule has 2 aromatic rings. The number of aromatic amines is 1. The Hall–Kier alpha value is -2.15. The van der Waals surface area contributed by atoms with Gasteiger partial charge in [-0.3, -0.25) is 9.79 Å².